The minimum absolute atomic E-state index is 0.0563. The van der Waals surface area contributed by atoms with Crippen LogP contribution in [0.15, 0.2) is 6.33 Å². The molecule has 1 unspecified atom stereocenters. The molecule has 1 amide bonds. The predicted molar refractivity (Wildman–Crippen MR) is 59.5 cm³/mol. The van der Waals surface area contributed by atoms with E-state index < -0.39 is 0 Å². The Bertz CT molecular complexity index is 421. The molecule has 16 heavy (non-hydrogen) atoms. The number of carbonyl (C=O) groups is 1. The average molecular weight is 242 g/mol. The van der Waals surface area contributed by atoms with Crippen molar-refractivity contribution in [2.45, 2.75) is 13.0 Å². The first-order chi connectivity index (χ1) is 7.70. The highest BCUT2D eigenvalue weighted by Gasteiger charge is 2.23. The van der Waals surface area contributed by atoms with Gasteiger partial charge in [-0.25, -0.2) is 0 Å². The Morgan fingerprint density at radius 2 is 2.31 bits per heavy atom. The molecule has 2 heterocycles. The number of amides is 1. The summed E-state index contributed by atoms with van der Waals surface area (Å²) >= 11 is 5.03. The van der Waals surface area contributed by atoms with Crippen molar-refractivity contribution >= 4 is 18.1 Å². The lowest BCUT2D eigenvalue weighted by Crippen LogP contribution is -2.43. The van der Waals surface area contributed by atoms with Crippen molar-refractivity contribution in [2.24, 2.45) is 0 Å². The third-order valence-corrected chi connectivity index (χ3v) is 2.98. The number of aromatic nitrogens is 3. The summed E-state index contributed by atoms with van der Waals surface area (Å²) in [5, 5.41) is 6.45. The molecule has 1 aliphatic heterocycles. The van der Waals surface area contributed by atoms with Crippen molar-refractivity contribution < 1.29 is 9.53 Å². The van der Waals surface area contributed by atoms with Gasteiger partial charge in [0.1, 0.15) is 12.4 Å². The molecule has 88 valence electrons. The summed E-state index contributed by atoms with van der Waals surface area (Å²) in [5.41, 5.74) is 0. The molecular weight excluding hydrogens is 228 g/mol. The Morgan fingerprint density at radius 1 is 1.62 bits per heavy atom. The first-order valence-electron chi connectivity index (χ1n) is 5.18. The summed E-state index contributed by atoms with van der Waals surface area (Å²) in [5.74, 6) is 0.0563. The van der Waals surface area contributed by atoms with Crippen LogP contribution in [0.1, 0.15) is 13.0 Å². The van der Waals surface area contributed by atoms with E-state index in [1.807, 2.05) is 6.92 Å². The highest BCUT2D eigenvalue weighted by molar-refractivity contribution is 7.71. The zero-order valence-electron chi connectivity index (χ0n) is 9.05. The largest absolute Gasteiger partial charge is 0.378 e. The lowest BCUT2D eigenvalue weighted by atomic mass is 10.2. The summed E-state index contributed by atoms with van der Waals surface area (Å²) in [6.45, 7) is 4.33. The number of morpholine rings is 1. The van der Waals surface area contributed by atoms with Crippen LogP contribution in [0.2, 0.25) is 0 Å². The number of H-pyrrole nitrogens is 1. The summed E-state index contributed by atoms with van der Waals surface area (Å²) in [4.78, 5) is 13.9. The van der Waals surface area contributed by atoms with E-state index in [9.17, 15) is 4.79 Å². The third-order valence-electron chi connectivity index (χ3n) is 2.67. The van der Waals surface area contributed by atoms with Crippen LogP contribution in [0.5, 0.6) is 0 Å². The number of hydrogen-bond donors (Lipinski definition) is 1. The van der Waals surface area contributed by atoms with E-state index in [1.165, 1.54) is 0 Å². The number of nitrogens with one attached hydrogen (secondary N) is 1. The van der Waals surface area contributed by atoms with E-state index in [4.69, 9.17) is 17.0 Å². The van der Waals surface area contributed by atoms with Gasteiger partial charge in [0.05, 0.1) is 13.2 Å². The fourth-order valence-electron chi connectivity index (χ4n) is 1.70. The molecular formula is C9H14N4O2S. The van der Waals surface area contributed by atoms with Crippen LogP contribution in [-0.4, -0.2) is 51.9 Å². The number of ether oxygens (including phenoxy) is 1. The van der Waals surface area contributed by atoms with Gasteiger partial charge in [0.15, 0.2) is 4.77 Å². The van der Waals surface area contributed by atoms with Gasteiger partial charge < -0.3 is 9.64 Å². The fourth-order valence-corrected chi connectivity index (χ4v) is 1.96. The van der Waals surface area contributed by atoms with Crippen molar-refractivity contribution in [2.75, 3.05) is 26.3 Å². The molecule has 1 saturated heterocycles. The fraction of sp³-hybridized carbons (Fsp3) is 0.667. The molecule has 0 aromatic carbocycles. The Kier molecular flexibility index (Phi) is 3.35. The molecule has 2 rings (SSSR count). The van der Waals surface area contributed by atoms with Crippen LogP contribution in [0.3, 0.4) is 0 Å². The maximum Gasteiger partial charge on any atom is 0.245 e. The number of carbonyl (C=O) groups excluding carboxylic acids is 1. The van der Waals surface area contributed by atoms with E-state index in [-0.39, 0.29) is 11.9 Å². The lowest BCUT2D eigenvalue weighted by Gasteiger charge is -2.29. The van der Waals surface area contributed by atoms with Gasteiger partial charge in [-0.1, -0.05) is 0 Å². The predicted octanol–water partition coefficient (Wildman–Crippen LogP) is 0.360. The van der Waals surface area contributed by atoms with Gasteiger partial charge in [-0.2, -0.15) is 5.10 Å². The molecule has 0 saturated carbocycles. The quantitative estimate of drug-likeness (QED) is 0.761. The van der Waals surface area contributed by atoms with E-state index >= 15 is 0 Å². The summed E-state index contributed by atoms with van der Waals surface area (Å²) in [7, 11) is 0. The minimum atomic E-state index is -0.315. The molecule has 7 heteroatoms. The van der Waals surface area contributed by atoms with Crippen LogP contribution in [-0.2, 0) is 9.53 Å². The Balaban J connectivity index is 2.09. The Hall–Kier alpha value is -1.21. The number of aromatic amines is 1. The van der Waals surface area contributed by atoms with Crippen LogP contribution < -0.4 is 0 Å². The number of nitrogens with zero attached hydrogens (tertiary/aromatic N) is 3. The second-order valence-corrected chi connectivity index (χ2v) is 4.07. The van der Waals surface area contributed by atoms with E-state index in [2.05, 4.69) is 10.2 Å². The summed E-state index contributed by atoms with van der Waals surface area (Å²) in [6.07, 6.45) is 1.55. The molecule has 0 radical (unpaired) electrons. The molecule has 0 spiro atoms. The van der Waals surface area contributed by atoms with Gasteiger partial charge in [-0.15, -0.1) is 0 Å². The SMILES string of the molecule is CC(C(=O)N1CCOCC1)n1cn[nH]c1=S. The van der Waals surface area contributed by atoms with Crippen molar-refractivity contribution in [1.29, 1.82) is 0 Å². The molecule has 0 aliphatic carbocycles. The standard InChI is InChI=1S/C9H14N4O2S/c1-7(13-6-10-11-9(13)16)8(14)12-2-4-15-5-3-12/h6-7H,2-5H2,1H3,(H,11,16). The van der Waals surface area contributed by atoms with Gasteiger partial charge in [-0.05, 0) is 19.1 Å². The monoisotopic (exact) mass is 242 g/mol. The molecule has 1 aliphatic rings. The van der Waals surface area contributed by atoms with Crippen LogP contribution in [0, 0.1) is 4.77 Å². The van der Waals surface area contributed by atoms with Crippen molar-refractivity contribution in [1.82, 2.24) is 19.7 Å². The second kappa shape index (κ2) is 4.75. The van der Waals surface area contributed by atoms with Crippen LogP contribution in [0.25, 0.3) is 0 Å². The van der Waals surface area contributed by atoms with Crippen molar-refractivity contribution in [3.8, 4) is 0 Å². The van der Waals surface area contributed by atoms with E-state index in [1.54, 1.807) is 15.8 Å². The Labute approximate surface area is 98.2 Å². The van der Waals surface area contributed by atoms with E-state index in [0.29, 0.717) is 31.1 Å². The number of rotatable bonds is 2. The van der Waals surface area contributed by atoms with Gasteiger partial charge in [-0.3, -0.25) is 14.5 Å². The van der Waals surface area contributed by atoms with Crippen molar-refractivity contribution in [3.63, 3.8) is 0 Å². The summed E-state index contributed by atoms with van der Waals surface area (Å²) < 4.78 is 7.33. The minimum Gasteiger partial charge on any atom is -0.378 e. The normalized spacial score (nSPS) is 18.4. The average Bonchev–Trinajstić information content (AvgIpc) is 2.75. The van der Waals surface area contributed by atoms with Gasteiger partial charge in [0, 0.05) is 13.1 Å². The number of hydrogen-bond acceptors (Lipinski definition) is 4. The first kappa shape index (κ1) is 11.3. The maximum absolute atomic E-state index is 12.1. The third kappa shape index (κ3) is 2.14. The highest BCUT2D eigenvalue weighted by atomic mass is 32.1. The first-order valence-corrected chi connectivity index (χ1v) is 5.59. The zero-order chi connectivity index (χ0) is 11.5. The highest BCUT2D eigenvalue weighted by Crippen LogP contribution is 2.11. The van der Waals surface area contributed by atoms with Crippen molar-refractivity contribution in [3.05, 3.63) is 11.1 Å². The summed E-state index contributed by atoms with van der Waals surface area (Å²) in [6, 6.07) is -0.315. The van der Waals surface area contributed by atoms with E-state index in [0.717, 1.165) is 0 Å². The molecule has 0 bridgehead atoms. The molecule has 1 fully saturated rings. The molecule has 1 aromatic heterocycles. The lowest BCUT2D eigenvalue weighted by molar-refractivity contribution is -0.138. The maximum atomic E-state index is 12.1. The molecule has 6 nitrogen and oxygen atoms in total. The topological polar surface area (TPSA) is 63.1 Å². The Morgan fingerprint density at radius 3 is 2.88 bits per heavy atom. The van der Waals surface area contributed by atoms with Crippen LogP contribution >= 0.6 is 12.2 Å². The van der Waals surface area contributed by atoms with Gasteiger partial charge in [0.25, 0.3) is 0 Å². The molecule has 1 atom stereocenters. The molecule has 1 aromatic rings. The second-order valence-electron chi connectivity index (χ2n) is 3.68. The zero-order valence-corrected chi connectivity index (χ0v) is 9.87. The van der Waals surface area contributed by atoms with Gasteiger partial charge >= 0.3 is 0 Å². The molecule has 1 N–H and O–H groups in total. The van der Waals surface area contributed by atoms with Crippen LogP contribution in [0.4, 0.5) is 0 Å². The smallest absolute Gasteiger partial charge is 0.245 e. The van der Waals surface area contributed by atoms with Gasteiger partial charge in [0.2, 0.25) is 5.91 Å².